The summed E-state index contributed by atoms with van der Waals surface area (Å²) in [5.41, 5.74) is 9.40. The van der Waals surface area contributed by atoms with Gasteiger partial charge in [0.05, 0.1) is 5.69 Å². The second kappa shape index (κ2) is 7.36. The van der Waals surface area contributed by atoms with Crippen LogP contribution in [-0.4, -0.2) is 52.0 Å². The molecule has 8 nitrogen and oxygen atoms in total. The second-order valence-corrected chi connectivity index (χ2v) is 7.90. The number of carbonyl (C=O) groups is 1. The van der Waals surface area contributed by atoms with E-state index in [0.717, 1.165) is 19.5 Å². The van der Waals surface area contributed by atoms with Crippen LogP contribution in [0.1, 0.15) is 29.0 Å². The van der Waals surface area contributed by atoms with Crippen molar-refractivity contribution in [3.8, 4) is 0 Å². The van der Waals surface area contributed by atoms with E-state index in [1.807, 2.05) is 0 Å². The van der Waals surface area contributed by atoms with Crippen LogP contribution in [0.15, 0.2) is 42.9 Å². The number of nitrogens with zero attached hydrogens (tertiary/aromatic N) is 4. The third kappa shape index (κ3) is 3.63. The Kier molecular flexibility index (Phi) is 4.55. The average molecular weight is 391 g/mol. The highest BCUT2D eigenvalue weighted by Crippen LogP contribution is 2.25. The Bertz CT molecular complexity index is 1020. The summed E-state index contributed by atoms with van der Waals surface area (Å²) in [7, 11) is 0. The van der Waals surface area contributed by atoms with Crippen molar-refractivity contribution in [3.63, 3.8) is 0 Å². The van der Waals surface area contributed by atoms with Crippen molar-refractivity contribution in [2.75, 3.05) is 30.3 Å². The van der Waals surface area contributed by atoms with Crippen LogP contribution in [0.3, 0.4) is 0 Å². The first kappa shape index (κ1) is 17.9. The number of anilines is 2. The lowest BCUT2D eigenvalue weighted by atomic mass is 10.1. The molecule has 2 unspecified atom stereocenters. The number of nitrogens with one attached hydrogen (secondary N) is 2. The number of carbonyl (C=O) groups excluding carboxylic acids is 1. The molecule has 0 radical (unpaired) electrons. The molecule has 1 amide bonds. The molecule has 150 valence electrons. The van der Waals surface area contributed by atoms with Gasteiger partial charge in [-0.05, 0) is 43.0 Å². The summed E-state index contributed by atoms with van der Waals surface area (Å²) in [5, 5.41) is 6.55. The number of fused-ring (bicyclic) bond motifs is 3. The molecule has 3 aromatic rings. The normalized spacial score (nSPS) is 20.9. The van der Waals surface area contributed by atoms with E-state index in [1.165, 1.54) is 24.1 Å². The number of hydrogen-bond acceptors (Lipinski definition) is 6. The number of piperazine rings is 1. The minimum Gasteiger partial charge on any atom is -0.396 e. The summed E-state index contributed by atoms with van der Waals surface area (Å²) >= 11 is 0. The molecule has 0 spiro atoms. The predicted octanol–water partition coefficient (Wildman–Crippen LogP) is 1.22. The molecule has 2 aliphatic rings. The molecular formula is C21H25N7O. The molecule has 2 fully saturated rings. The Labute approximate surface area is 169 Å². The molecule has 2 aliphatic heterocycles. The highest BCUT2D eigenvalue weighted by Gasteiger charge is 2.32. The standard InChI is InChI=1S/C21H25N7O/c22-18-8-10-27-13-24-19(26-20(18)27)21(29)23-9-7-14-1-5-17(6-2-14)28-11-15-3-4-16(12-28)25-15/h1-2,5-6,8,10,13,15-16,25H,3-4,7,9,11-12,22H2,(H,23,29). The van der Waals surface area contributed by atoms with Gasteiger partial charge < -0.3 is 21.3 Å². The molecule has 4 N–H and O–H groups in total. The van der Waals surface area contributed by atoms with Crippen LogP contribution in [0.2, 0.25) is 0 Å². The van der Waals surface area contributed by atoms with Gasteiger partial charge in [-0.2, -0.15) is 0 Å². The van der Waals surface area contributed by atoms with Crippen molar-refractivity contribution in [3.05, 3.63) is 54.2 Å². The molecule has 2 bridgehead atoms. The van der Waals surface area contributed by atoms with Gasteiger partial charge in [-0.25, -0.2) is 9.97 Å². The molecule has 1 aromatic carbocycles. The topological polar surface area (TPSA) is 101 Å². The summed E-state index contributed by atoms with van der Waals surface area (Å²) in [6.45, 7) is 2.70. The maximum Gasteiger partial charge on any atom is 0.289 e. The van der Waals surface area contributed by atoms with Gasteiger partial charge in [0, 0.05) is 43.6 Å². The molecule has 5 rings (SSSR count). The quantitative estimate of drug-likeness (QED) is 0.605. The highest BCUT2D eigenvalue weighted by molar-refractivity contribution is 5.91. The number of nitrogen functional groups attached to an aromatic ring is 1. The number of benzene rings is 1. The van der Waals surface area contributed by atoms with Gasteiger partial charge in [-0.1, -0.05) is 12.1 Å². The zero-order valence-corrected chi connectivity index (χ0v) is 16.2. The second-order valence-electron chi connectivity index (χ2n) is 7.90. The van der Waals surface area contributed by atoms with Gasteiger partial charge in [-0.3, -0.25) is 9.20 Å². The number of rotatable bonds is 5. The zero-order valence-electron chi connectivity index (χ0n) is 16.2. The van der Waals surface area contributed by atoms with Crippen LogP contribution in [0.25, 0.3) is 5.65 Å². The number of amides is 1. The first-order valence-electron chi connectivity index (χ1n) is 10.1. The van der Waals surface area contributed by atoms with Crippen LogP contribution in [0, 0.1) is 0 Å². The van der Waals surface area contributed by atoms with Crippen LogP contribution in [0.4, 0.5) is 11.4 Å². The van der Waals surface area contributed by atoms with Crippen molar-refractivity contribution in [2.24, 2.45) is 0 Å². The van der Waals surface area contributed by atoms with Gasteiger partial charge in [-0.15, -0.1) is 0 Å². The Morgan fingerprint density at radius 1 is 1.17 bits per heavy atom. The predicted molar refractivity (Wildman–Crippen MR) is 112 cm³/mol. The van der Waals surface area contributed by atoms with E-state index in [1.54, 1.807) is 23.0 Å². The largest absolute Gasteiger partial charge is 0.396 e. The van der Waals surface area contributed by atoms with E-state index in [0.29, 0.717) is 30.0 Å². The van der Waals surface area contributed by atoms with Crippen LogP contribution < -0.4 is 21.3 Å². The third-order valence-electron chi connectivity index (χ3n) is 5.85. The third-order valence-corrected chi connectivity index (χ3v) is 5.85. The molecule has 0 aliphatic carbocycles. The molecule has 2 atom stereocenters. The molecule has 29 heavy (non-hydrogen) atoms. The van der Waals surface area contributed by atoms with Gasteiger partial charge in [0.15, 0.2) is 5.65 Å². The van der Waals surface area contributed by atoms with Crippen molar-refractivity contribution in [1.29, 1.82) is 0 Å². The lowest BCUT2D eigenvalue weighted by molar-refractivity contribution is 0.0943. The Balaban J connectivity index is 1.16. The van der Waals surface area contributed by atoms with Gasteiger partial charge in [0.1, 0.15) is 6.33 Å². The smallest absolute Gasteiger partial charge is 0.289 e. The summed E-state index contributed by atoms with van der Waals surface area (Å²) in [5.74, 6) is -0.160. The summed E-state index contributed by atoms with van der Waals surface area (Å²) in [6.07, 6.45) is 6.64. The Morgan fingerprint density at radius 2 is 1.93 bits per heavy atom. The maximum atomic E-state index is 12.3. The highest BCUT2D eigenvalue weighted by atomic mass is 16.2. The Hall–Kier alpha value is -3.13. The van der Waals surface area contributed by atoms with Gasteiger partial charge in [0.25, 0.3) is 5.91 Å². The van der Waals surface area contributed by atoms with Crippen LogP contribution in [-0.2, 0) is 6.42 Å². The molecule has 8 heteroatoms. The minimum atomic E-state index is -0.291. The molecular weight excluding hydrogens is 366 g/mol. The molecule has 4 heterocycles. The monoisotopic (exact) mass is 391 g/mol. The lowest BCUT2D eigenvalue weighted by Crippen LogP contribution is -2.51. The minimum absolute atomic E-state index is 0.131. The fraction of sp³-hybridized carbons (Fsp3) is 0.381. The summed E-state index contributed by atoms with van der Waals surface area (Å²) < 4.78 is 1.69. The number of aromatic nitrogens is 3. The maximum absolute atomic E-state index is 12.3. The average Bonchev–Trinajstić information content (AvgIpc) is 3.29. The van der Waals surface area contributed by atoms with E-state index >= 15 is 0 Å². The van der Waals surface area contributed by atoms with Crippen molar-refractivity contribution in [1.82, 2.24) is 25.0 Å². The van der Waals surface area contributed by atoms with Crippen molar-refractivity contribution >= 4 is 22.9 Å². The number of nitrogens with two attached hydrogens (primary N) is 1. The Morgan fingerprint density at radius 3 is 2.69 bits per heavy atom. The fourth-order valence-corrected chi connectivity index (χ4v) is 4.31. The number of hydrogen-bond donors (Lipinski definition) is 3. The SMILES string of the molecule is Nc1ccn2cnc(C(=O)NCCc3ccc(N4CC5CCC(C4)N5)cc3)nc12. The van der Waals surface area contributed by atoms with E-state index in [4.69, 9.17) is 5.73 Å². The lowest BCUT2D eigenvalue weighted by Gasteiger charge is -2.34. The van der Waals surface area contributed by atoms with Crippen molar-refractivity contribution < 1.29 is 4.79 Å². The van der Waals surface area contributed by atoms with E-state index in [-0.39, 0.29) is 11.7 Å². The first-order chi connectivity index (χ1) is 14.2. The van der Waals surface area contributed by atoms with Gasteiger partial charge >= 0.3 is 0 Å². The van der Waals surface area contributed by atoms with E-state index < -0.39 is 0 Å². The van der Waals surface area contributed by atoms with E-state index in [2.05, 4.69) is 49.8 Å². The summed E-state index contributed by atoms with van der Waals surface area (Å²) in [4.78, 5) is 23.2. The fourth-order valence-electron chi connectivity index (χ4n) is 4.31. The molecule has 2 saturated heterocycles. The molecule has 0 saturated carbocycles. The van der Waals surface area contributed by atoms with Crippen molar-refractivity contribution in [2.45, 2.75) is 31.3 Å². The first-order valence-corrected chi connectivity index (χ1v) is 10.1. The van der Waals surface area contributed by atoms with E-state index in [9.17, 15) is 4.79 Å². The van der Waals surface area contributed by atoms with Crippen LogP contribution in [0.5, 0.6) is 0 Å². The van der Waals surface area contributed by atoms with Gasteiger partial charge in [0.2, 0.25) is 5.82 Å². The van der Waals surface area contributed by atoms with Crippen LogP contribution >= 0.6 is 0 Å². The molecule has 2 aromatic heterocycles. The zero-order chi connectivity index (χ0) is 19.8. The summed E-state index contributed by atoms with van der Waals surface area (Å²) in [6, 6.07) is 11.7.